The number of carboxylic acid groups (broad SMARTS) is 1. The van der Waals surface area contributed by atoms with Crippen molar-refractivity contribution in [3.63, 3.8) is 0 Å². The summed E-state index contributed by atoms with van der Waals surface area (Å²) in [4.78, 5) is 12.9. The van der Waals surface area contributed by atoms with Gasteiger partial charge in [0.2, 0.25) is 0 Å². The zero-order valence-corrected chi connectivity index (χ0v) is 11.5. The fourth-order valence-electron chi connectivity index (χ4n) is 1.97. The van der Waals surface area contributed by atoms with E-state index in [1.165, 1.54) is 0 Å². The van der Waals surface area contributed by atoms with Crippen LogP contribution in [-0.2, 0) is 6.54 Å². The van der Waals surface area contributed by atoms with Gasteiger partial charge in [0.25, 0.3) is 0 Å². The average molecular weight is 271 g/mol. The van der Waals surface area contributed by atoms with Gasteiger partial charge in [-0.3, -0.25) is 0 Å². The van der Waals surface area contributed by atoms with E-state index in [1.54, 1.807) is 19.2 Å². The number of carboxylic acids is 1. The summed E-state index contributed by atoms with van der Waals surface area (Å²) in [5.74, 6) is -0.0896. The van der Waals surface area contributed by atoms with E-state index in [-0.39, 0.29) is 0 Å². The molecule has 0 aromatic heterocycles. The molecule has 0 unspecified atom stereocenters. The first-order chi connectivity index (χ1) is 9.60. The lowest BCUT2D eigenvalue weighted by molar-refractivity contribution is 0.0697. The zero-order valence-electron chi connectivity index (χ0n) is 11.5. The van der Waals surface area contributed by atoms with E-state index >= 15 is 0 Å². The first-order valence-electron chi connectivity index (χ1n) is 6.27. The number of hydrogen-bond donors (Lipinski definition) is 1. The Morgan fingerprint density at radius 3 is 2.50 bits per heavy atom. The third kappa shape index (κ3) is 3.29. The Morgan fingerprint density at radius 1 is 1.20 bits per heavy atom. The summed E-state index contributed by atoms with van der Waals surface area (Å²) < 4.78 is 5.21. The normalized spacial score (nSPS) is 10.1. The largest absolute Gasteiger partial charge is 0.497 e. The number of nitrogens with zero attached hydrogens (tertiary/aromatic N) is 1. The van der Waals surface area contributed by atoms with Crippen LogP contribution in [0.15, 0.2) is 48.5 Å². The number of ether oxygens (including phenoxy) is 1. The summed E-state index contributed by atoms with van der Waals surface area (Å²) in [6.07, 6.45) is 0. The summed E-state index contributed by atoms with van der Waals surface area (Å²) in [5.41, 5.74) is 2.41. The van der Waals surface area contributed by atoms with Crippen molar-refractivity contribution in [1.82, 2.24) is 0 Å². The first kappa shape index (κ1) is 13.9. The summed E-state index contributed by atoms with van der Waals surface area (Å²) in [6, 6.07) is 14.7. The molecule has 0 bridgehead atoms. The van der Waals surface area contributed by atoms with Crippen LogP contribution >= 0.6 is 0 Å². The Bertz CT molecular complexity index is 593. The Balaban J connectivity index is 2.10. The molecule has 2 aromatic carbocycles. The highest BCUT2D eigenvalue weighted by Crippen LogP contribution is 2.21. The van der Waals surface area contributed by atoms with Gasteiger partial charge in [0, 0.05) is 25.3 Å². The third-order valence-corrected chi connectivity index (χ3v) is 3.11. The Morgan fingerprint density at radius 2 is 1.90 bits per heavy atom. The molecule has 0 radical (unpaired) electrons. The van der Waals surface area contributed by atoms with Gasteiger partial charge in [-0.15, -0.1) is 0 Å². The lowest BCUT2D eigenvalue weighted by atomic mass is 10.1. The Kier molecular flexibility index (Phi) is 4.25. The second-order valence-corrected chi connectivity index (χ2v) is 4.56. The predicted molar refractivity (Wildman–Crippen MR) is 78.5 cm³/mol. The quantitative estimate of drug-likeness (QED) is 0.908. The van der Waals surface area contributed by atoms with Crippen molar-refractivity contribution in [1.29, 1.82) is 0 Å². The van der Waals surface area contributed by atoms with Crippen molar-refractivity contribution in [3.05, 3.63) is 59.7 Å². The molecule has 2 aromatic rings. The van der Waals surface area contributed by atoms with Crippen LogP contribution in [0, 0.1) is 0 Å². The van der Waals surface area contributed by atoms with Gasteiger partial charge in [0.15, 0.2) is 0 Å². The molecule has 4 heteroatoms. The molecule has 0 heterocycles. The van der Waals surface area contributed by atoms with E-state index in [2.05, 4.69) is 4.90 Å². The van der Waals surface area contributed by atoms with Crippen molar-refractivity contribution in [2.24, 2.45) is 0 Å². The zero-order chi connectivity index (χ0) is 14.5. The van der Waals surface area contributed by atoms with Crippen LogP contribution in [0.4, 0.5) is 5.69 Å². The number of rotatable bonds is 5. The standard InChI is InChI=1S/C16H17NO3/c1-17(14-4-3-5-15(10-14)20-2)11-12-6-8-13(9-7-12)16(18)19/h3-10H,11H2,1-2H3,(H,18,19). The van der Waals surface area contributed by atoms with E-state index < -0.39 is 5.97 Å². The monoisotopic (exact) mass is 271 g/mol. The van der Waals surface area contributed by atoms with Gasteiger partial charge in [-0.25, -0.2) is 4.79 Å². The fraction of sp³-hybridized carbons (Fsp3) is 0.188. The highest BCUT2D eigenvalue weighted by atomic mass is 16.5. The van der Waals surface area contributed by atoms with Crippen LogP contribution in [0.1, 0.15) is 15.9 Å². The van der Waals surface area contributed by atoms with E-state index in [4.69, 9.17) is 9.84 Å². The topological polar surface area (TPSA) is 49.8 Å². The van der Waals surface area contributed by atoms with E-state index in [9.17, 15) is 4.79 Å². The molecule has 0 saturated carbocycles. The van der Waals surface area contributed by atoms with Gasteiger partial charge in [-0.05, 0) is 29.8 Å². The number of carbonyl (C=O) groups is 1. The van der Waals surface area contributed by atoms with Crippen molar-refractivity contribution >= 4 is 11.7 Å². The Hall–Kier alpha value is -2.49. The van der Waals surface area contributed by atoms with Gasteiger partial charge in [-0.2, -0.15) is 0 Å². The van der Waals surface area contributed by atoms with Crippen LogP contribution in [0.25, 0.3) is 0 Å². The van der Waals surface area contributed by atoms with Crippen molar-refractivity contribution in [2.75, 3.05) is 19.1 Å². The van der Waals surface area contributed by atoms with Crippen molar-refractivity contribution in [2.45, 2.75) is 6.54 Å². The minimum Gasteiger partial charge on any atom is -0.497 e. The highest BCUT2D eigenvalue weighted by Gasteiger charge is 2.05. The summed E-state index contributed by atoms with van der Waals surface area (Å²) in [7, 11) is 3.63. The molecule has 0 aliphatic rings. The predicted octanol–water partition coefficient (Wildman–Crippen LogP) is 3.03. The van der Waals surface area contributed by atoms with Gasteiger partial charge in [-0.1, -0.05) is 18.2 Å². The summed E-state index contributed by atoms with van der Waals surface area (Å²) in [5, 5.41) is 8.87. The molecular formula is C16H17NO3. The second-order valence-electron chi connectivity index (χ2n) is 4.56. The van der Waals surface area contributed by atoms with E-state index in [1.807, 2.05) is 43.4 Å². The number of methoxy groups -OCH3 is 1. The smallest absolute Gasteiger partial charge is 0.335 e. The number of aromatic carboxylic acids is 1. The molecule has 0 fully saturated rings. The van der Waals surface area contributed by atoms with Gasteiger partial charge in [0.05, 0.1) is 12.7 Å². The molecule has 20 heavy (non-hydrogen) atoms. The van der Waals surface area contributed by atoms with E-state index in [0.717, 1.165) is 17.0 Å². The molecule has 0 saturated heterocycles. The van der Waals surface area contributed by atoms with Crippen LogP contribution in [0.3, 0.4) is 0 Å². The second kappa shape index (κ2) is 6.10. The minimum atomic E-state index is -0.905. The number of anilines is 1. The number of benzene rings is 2. The molecule has 4 nitrogen and oxygen atoms in total. The summed E-state index contributed by atoms with van der Waals surface area (Å²) >= 11 is 0. The van der Waals surface area contributed by atoms with Crippen molar-refractivity contribution in [3.8, 4) is 5.75 Å². The average Bonchev–Trinajstić information content (AvgIpc) is 2.47. The molecule has 0 amide bonds. The summed E-state index contributed by atoms with van der Waals surface area (Å²) in [6.45, 7) is 0.701. The molecule has 2 rings (SSSR count). The molecule has 1 N–H and O–H groups in total. The van der Waals surface area contributed by atoms with Crippen molar-refractivity contribution < 1.29 is 14.6 Å². The van der Waals surface area contributed by atoms with Crippen LogP contribution in [-0.4, -0.2) is 25.2 Å². The first-order valence-corrected chi connectivity index (χ1v) is 6.27. The molecule has 0 aliphatic carbocycles. The SMILES string of the molecule is COc1cccc(N(C)Cc2ccc(C(=O)O)cc2)c1. The molecule has 0 spiro atoms. The van der Waals surface area contributed by atoms with Crippen LogP contribution < -0.4 is 9.64 Å². The van der Waals surface area contributed by atoms with E-state index in [0.29, 0.717) is 12.1 Å². The maximum absolute atomic E-state index is 10.8. The molecule has 0 aliphatic heterocycles. The maximum Gasteiger partial charge on any atom is 0.335 e. The Labute approximate surface area is 118 Å². The minimum absolute atomic E-state index is 0.304. The van der Waals surface area contributed by atoms with Gasteiger partial charge < -0.3 is 14.7 Å². The fourth-order valence-corrected chi connectivity index (χ4v) is 1.97. The lowest BCUT2D eigenvalue weighted by Gasteiger charge is -2.20. The molecule has 104 valence electrons. The van der Waals surface area contributed by atoms with Gasteiger partial charge >= 0.3 is 5.97 Å². The maximum atomic E-state index is 10.8. The molecular weight excluding hydrogens is 254 g/mol. The third-order valence-electron chi connectivity index (χ3n) is 3.11. The highest BCUT2D eigenvalue weighted by molar-refractivity contribution is 5.87. The van der Waals surface area contributed by atoms with Crippen LogP contribution in [0.2, 0.25) is 0 Å². The molecule has 0 atom stereocenters. The lowest BCUT2D eigenvalue weighted by Crippen LogP contribution is -2.16. The van der Waals surface area contributed by atoms with Crippen LogP contribution in [0.5, 0.6) is 5.75 Å². The number of hydrogen-bond acceptors (Lipinski definition) is 3. The van der Waals surface area contributed by atoms with Gasteiger partial charge in [0.1, 0.15) is 5.75 Å².